The molecule has 0 aliphatic rings. The third-order valence-electron chi connectivity index (χ3n) is 11.5. The molecule has 3 N–H and O–H groups in total. The van der Waals surface area contributed by atoms with E-state index in [4.69, 9.17) is 0 Å². The lowest BCUT2D eigenvalue weighted by Crippen LogP contribution is -2.45. The standard InChI is InChI=1S/C54H99NO3/c1-3-5-7-9-11-13-15-16-17-18-19-20-21-22-23-24-25-26-27-28-29-30-31-32-33-34-35-36-37-38-40-42-44-46-48-50-54(58)55-52(51-56)53(57)49-47-45-43-41-39-14-12-10-8-6-4-2/h5,7,11,13,16-17,19-20,22-23,52-53,56-57H,3-4,6,8-10,12,14-15,18,21,24-51H2,1-2H3,(H,55,58)/b7-5-,13-11-,17-16-,20-19-,23-22-. The van der Waals surface area contributed by atoms with Gasteiger partial charge in [-0.05, 0) is 57.8 Å². The van der Waals surface area contributed by atoms with Crippen molar-refractivity contribution in [1.82, 2.24) is 5.32 Å². The van der Waals surface area contributed by atoms with Crippen LogP contribution in [0.2, 0.25) is 0 Å². The molecule has 0 saturated carbocycles. The van der Waals surface area contributed by atoms with Crippen molar-refractivity contribution in [3.8, 4) is 0 Å². The first-order valence-corrected chi connectivity index (χ1v) is 25.5. The van der Waals surface area contributed by atoms with Crippen LogP contribution in [-0.2, 0) is 4.79 Å². The molecular formula is C54H99NO3. The van der Waals surface area contributed by atoms with E-state index in [0.717, 1.165) is 57.8 Å². The average molecular weight is 810 g/mol. The monoisotopic (exact) mass is 810 g/mol. The van der Waals surface area contributed by atoms with E-state index in [1.54, 1.807) is 0 Å². The Balaban J connectivity index is 3.42. The van der Waals surface area contributed by atoms with Crippen LogP contribution >= 0.6 is 0 Å². The molecule has 0 aromatic rings. The van der Waals surface area contributed by atoms with Crippen LogP contribution in [0.1, 0.15) is 258 Å². The van der Waals surface area contributed by atoms with Gasteiger partial charge in [-0.25, -0.2) is 0 Å². The molecule has 4 heteroatoms. The van der Waals surface area contributed by atoms with Crippen LogP contribution in [-0.4, -0.2) is 34.9 Å². The molecule has 2 atom stereocenters. The second-order valence-corrected chi connectivity index (χ2v) is 17.2. The Morgan fingerprint density at radius 1 is 0.431 bits per heavy atom. The lowest BCUT2D eigenvalue weighted by molar-refractivity contribution is -0.123. The number of rotatable bonds is 46. The van der Waals surface area contributed by atoms with E-state index >= 15 is 0 Å². The topological polar surface area (TPSA) is 69.6 Å². The summed E-state index contributed by atoms with van der Waals surface area (Å²) in [5, 5.41) is 23.2. The van der Waals surface area contributed by atoms with Crippen molar-refractivity contribution >= 4 is 5.91 Å². The second-order valence-electron chi connectivity index (χ2n) is 17.2. The summed E-state index contributed by atoms with van der Waals surface area (Å²) in [6.45, 7) is 4.24. The van der Waals surface area contributed by atoms with Crippen LogP contribution < -0.4 is 5.32 Å². The highest BCUT2D eigenvalue weighted by molar-refractivity contribution is 5.76. The first-order chi connectivity index (χ1) is 28.7. The number of carbonyl (C=O) groups excluding carboxylic acids is 1. The summed E-state index contributed by atoms with van der Waals surface area (Å²) in [6.07, 6.45) is 69.1. The molecular weight excluding hydrogens is 711 g/mol. The Bertz CT molecular complexity index is 965. The van der Waals surface area contributed by atoms with Crippen LogP contribution in [0.4, 0.5) is 0 Å². The third kappa shape index (κ3) is 45.2. The molecule has 0 aliphatic heterocycles. The highest BCUT2D eigenvalue weighted by Gasteiger charge is 2.20. The minimum Gasteiger partial charge on any atom is -0.394 e. The Morgan fingerprint density at radius 3 is 1.14 bits per heavy atom. The number of nitrogens with one attached hydrogen (secondary N) is 1. The van der Waals surface area contributed by atoms with Gasteiger partial charge in [-0.1, -0.05) is 254 Å². The molecule has 338 valence electrons. The normalized spacial score (nSPS) is 13.4. The highest BCUT2D eigenvalue weighted by Crippen LogP contribution is 2.16. The quantitative estimate of drug-likeness (QED) is 0.0424. The van der Waals surface area contributed by atoms with Gasteiger partial charge in [-0.3, -0.25) is 4.79 Å². The molecule has 58 heavy (non-hydrogen) atoms. The number of amides is 1. The van der Waals surface area contributed by atoms with Crippen molar-refractivity contribution in [3.05, 3.63) is 60.8 Å². The molecule has 0 heterocycles. The van der Waals surface area contributed by atoms with E-state index in [9.17, 15) is 15.0 Å². The molecule has 4 nitrogen and oxygen atoms in total. The van der Waals surface area contributed by atoms with Gasteiger partial charge in [0.25, 0.3) is 0 Å². The molecule has 0 saturated heterocycles. The lowest BCUT2D eigenvalue weighted by atomic mass is 10.0. The van der Waals surface area contributed by atoms with Gasteiger partial charge < -0.3 is 15.5 Å². The van der Waals surface area contributed by atoms with Gasteiger partial charge in [0.2, 0.25) is 5.91 Å². The van der Waals surface area contributed by atoms with Gasteiger partial charge in [0.1, 0.15) is 0 Å². The number of unbranched alkanes of at least 4 members (excludes halogenated alkanes) is 29. The molecule has 0 bridgehead atoms. The van der Waals surface area contributed by atoms with Crippen LogP contribution in [0, 0.1) is 0 Å². The third-order valence-corrected chi connectivity index (χ3v) is 11.5. The Hall–Kier alpha value is -1.91. The van der Waals surface area contributed by atoms with Crippen molar-refractivity contribution < 1.29 is 15.0 Å². The van der Waals surface area contributed by atoms with Crippen molar-refractivity contribution in [2.45, 2.75) is 270 Å². The minimum atomic E-state index is -0.657. The molecule has 2 unspecified atom stereocenters. The van der Waals surface area contributed by atoms with E-state index in [1.165, 1.54) is 173 Å². The summed E-state index contributed by atoms with van der Waals surface area (Å²) < 4.78 is 0. The summed E-state index contributed by atoms with van der Waals surface area (Å²) in [5.41, 5.74) is 0. The summed E-state index contributed by atoms with van der Waals surface area (Å²) in [4.78, 5) is 12.4. The zero-order chi connectivity index (χ0) is 42.1. The Morgan fingerprint density at radius 2 is 0.759 bits per heavy atom. The number of hydrogen-bond acceptors (Lipinski definition) is 3. The summed E-state index contributed by atoms with van der Waals surface area (Å²) >= 11 is 0. The smallest absolute Gasteiger partial charge is 0.220 e. The number of aliphatic hydroxyl groups excluding tert-OH is 2. The predicted octanol–water partition coefficient (Wildman–Crippen LogP) is 16.5. The fraction of sp³-hybridized carbons (Fsp3) is 0.796. The second kappa shape index (κ2) is 49.5. The summed E-state index contributed by atoms with van der Waals surface area (Å²) in [5.74, 6) is -0.0311. The number of allylic oxidation sites excluding steroid dienone is 10. The van der Waals surface area contributed by atoms with Crippen LogP contribution in [0.25, 0.3) is 0 Å². The maximum atomic E-state index is 12.4. The van der Waals surface area contributed by atoms with Crippen molar-refractivity contribution in [2.75, 3.05) is 6.61 Å². The number of carbonyl (C=O) groups is 1. The van der Waals surface area contributed by atoms with E-state index in [1.807, 2.05) is 0 Å². The van der Waals surface area contributed by atoms with E-state index in [0.29, 0.717) is 12.8 Å². The van der Waals surface area contributed by atoms with E-state index in [2.05, 4.69) is 79.9 Å². The van der Waals surface area contributed by atoms with Gasteiger partial charge >= 0.3 is 0 Å². The molecule has 0 fully saturated rings. The molecule has 0 radical (unpaired) electrons. The van der Waals surface area contributed by atoms with Crippen LogP contribution in [0.15, 0.2) is 60.8 Å². The molecule has 0 aliphatic carbocycles. The number of hydrogen-bond donors (Lipinski definition) is 3. The maximum absolute atomic E-state index is 12.4. The SMILES string of the molecule is CC/C=C\C/C=C\C/C=C\C/C=C\C/C=C\CCCCCCCCCCCCCCCCCCCCCC(=O)NC(CO)C(O)CCCCCCCCCCCCC. The zero-order valence-corrected chi connectivity index (χ0v) is 38.8. The molecule has 0 aromatic carbocycles. The van der Waals surface area contributed by atoms with Gasteiger partial charge in [-0.15, -0.1) is 0 Å². The molecule has 1 amide bonds. The Labute approximate surface area is 362 Å². The van der Waals surface area contributed by atoms with Gasteiger partial charge in [0.15, 0.2) is 0 Å². The lowest BCUT2D eigenvalue weighted by Gasteiger charge is -2.22. The molecule has 0 rings (SSSR count). The molecule has 0 aromatic heterocycles. The number of aliphatic hydroxyl groups is 2. The van der Waals surface area contributed by atoms with E-state index in [-0.39, 0.29) is 12.5 Å². The maximum Gasteiger partial charge on any atom is 0.220 e. The Kier molecular flexibility index (Phi) is 47.8. The van der Waals surface area contributed by atoms with Crippen molar-refractivity contribution in [1.29, 1.82) is 0 Å². The highest BCUT2D eigenvalue weighted by atomic mass is 16.3. The predicted molar refractivity (Wildman–Crippen MR) is 258 cm³/mol. The zero-order valence-electron chi connectivity index (χ0n) is 38.8. The van der Waals surface area contributed by atoms with Crippen molar-refractivity contribution in [2.24, 2.45) is 0 Å². The van der Waals surface area contributed by atoms with E-state index < -0.39 is 12.1 Å². The molecule has 0 spiro atoms. The first-order valence-electron chi connectivity index (χ1n) is 25.5. The van der Waals surface area contributed by atoms with Gasteiger partial charge in [0, 0.05) is 6.42 Å². The average Bonchev–Trinajstić information content (AvgIpc) is 3.23. The first kappa shape index (κ1) is 56.1. The van der Waals surface area contributed by atoms with Crippen molar-refractivity contribution in [3.63, 3.8) is 0 Å². The van der Waals surface area contributed by atoms with Crippen LogP contribution in [0.3, 0.4) is 0 Å². The fourth-order valence-electron chi connectivity index (χ4n) is 7.68. The van der Waals surface area contributed by atoms with Crippen LogP contribution in [0.5, 0.6) is 0 Å². The van der Waals surface area contributed by atoms with Gasteiger partial charge in [-0.2, -0.15) is 0 Å². The summed E-state index contributed by atoms with van der Waals surface area (Å²) in [6, 6.07) is -0.534. The van der Waals surface area contributed by atoms with Gasteiger partial charge in [0.05, 0.1) is 18.8 Å². The minimum absolute atomic E-state index is 0.0311. The largest absolute Gasteiger partial charge is 0.394 e. The fourth-order valence-corrected chi connectivity index (χ4v) is 7.68. The summed E-state index contributed by atoms with van der Waals surface area (Å²) in [7, 11) is 0.